The van der Waals surface area contributed by atoms with Crippen LogP contribution in [0.1, 0.15) is 26.3 Å². The number of halogens is 1. The van der Waals surface area contributed by atoms with Crippen molar-refractivity contribution in [3.8, 4) is 11.5 Å². The number of nitrogens with one attached hydrogen (secondary N) is 2. The zero-order valence-corrected chi connectivity index (χ0v) is 15.1. The molecule has 0 radical (unpaired) electrons. The van der Waals surface area contributed by atoms with Gasteiger partial charge in [0.15, 0.2) is 11.5 Å². The van der Waals surface area contributed by atoms with E-state index in [1.54, 1.807) is 36.4 Å². The van der Waals surface area contributed by atoms with Gasteiger partial charge in [0, 0.05) is 36.3 Å². The molecule has 1 aliphatic heterocycles. The third-order valence-electron chi connectivity index (χ3n) is 4.29. The number of ether oxygens (including phenoxy) is 2. The minimum absolute atomic E-state index is 0.0269. The number of carbonyl (C=O) groups excluding carboxylic acids is 2. The first kappa shape index (κ1) is 18.4. The fraction of sp³-hybridized carbons (Fsp3) is 0.0952. The lowest BCUT2D eigenvalue weighted by molar-refractivity contribution is 0.0950. The lowest BCUT2D eigenvalue weighted by atomic mass is 10.1. The molecule has 2 aromatic carbocycles. The minimum Gasteiger partial charge on any atom is -0.454 e. The average Bonchev–Trinajstić information content (AvgIpc) is 3.21. The molecule has 3 aromatic rings. The van der Waals surface area contributed by atoms with Crippen molar-refractivity contribution in [2.24, 2.45) is 0 Å². The molecule has 0 atom stereocenters. The highest BCUT2D eigenvalue weighted by molar-refractivity contribution is 6.06. The molecule has 7 nitrogen and oxygen atoms in total. The largest absolute Gasteiger partial charge is 0.454 e. The van der Waals surface area contributed by atoms with Crippen LogP contribution < -0.4 is 20.1 Å². The van der Waals surface area contributed by atoms with E-state index in [0.29, 0.717) is 22.7 Å². The summed E-state index contributed by atoms with van der Waals surface area (Å²) >= 11 is 0. The molecule has 146 valence electrons. The molecule has 29 heavy (non-hydrogen) atoms. The number of hydrogen-bond donors (Lipinski definition) is 2. The minimum atomic E-state index is -0.460. The molecule has 1 aliphatic rings. The molecule has 0 saturated carbocycles. The Hall–Kier alpha value is -3.94. The van der Waals surface area contributed by atoms with Gasteiger partial charge in [0.25, 0.3) is 11.8 Å². The van der Waals surface area contributed by atoms with Gasteiger partial charge in [-0.1, -0.05) is 18.2 Å². The Labute approximate surface area is 165 Å². The summed E-state index contributed by atoms with van der Waals surface area (Å²) in [5, 5.41) is 5.34. The predicted molar refractivity (Wildman–Crippen MR) is 102 cm³/mol. The lowest BCUT2D eigenvalue weighted by Gasteiger charge is -2.08. The van der Waals surface area contributed by atoms with Crippen LogP contribution in [0.25, 0.3) is 0 Å². The highest BCUT2D eigenvalue weighted by Crippen LogP contribution is 2.34. The van der Waals surface area contributed by atoms with Gasteiger partial charge in [0.2, 0.25) is 6.79 Å². The van der Waals surface area contributed by atoms with Gasteiger partial charge in [0.1, 0.15) is 5.82 Å². The number of aromatic nitrogens is 1. The first-order valence-corrected chi connectivity index (χ1v) is 8.78. The van der Waals surface area contributed by atoms with Gasteiger partial charge in [-0.3, -0.25) is 14.6 Å². The zero-order valence-electron chi connectivity index (χ0n) is 15.1. The second kappa shape index (κ2) is 7.97. The monoisotopic (exact) mass is 393 g/mol. The maximum Gasteiger partial charge on any atom is 0.257 e. The Morgan fingerprint density at radius 1 is 0.966 bits per heavy atom. The zero-order chi connectivity index (χ0) is 20.2. The number of amides is 2. The number of anilines is 1. The first-order chi connectivity index (χ1) is 14.1. The number of hydrogen-bond acceptors (Lipinski definition) is 5. The summed E-state index contributed by atoms with van der Waals surface area (Å²) in [6.45, 7) is 0.166. The Morgan fingerprint density at radius 2 is 1.72 bits per heavy atom. The van der Waals surface area contributed by atoms with Crippen molar-refractivity contribution in [3.05, 3.63) is 83.4 Å². The lowest BCUT2D eigenvalue weighted by Crippen LogP contribution is -2.24. The SMILES string of the molecule is O=C(NCc1ccccc1F)c1cncc(C(=O)Nc2ccc3c(c2)OCO3)c1. The predicted octanol–water partition coefficient (Wildman–Crippen LogP) is 3.13. The smallest absolute Gasteiger partial charge is 0.257 e. The van der Waals surface area contributed by atoms with E-state index in [-0.39, 0.29) is 24.5 Å². The van der Waals surface area contributed by atoms with E-state index >= 15 is 0 Å². The van der Waals surface area contributed by atoms with Crippen molar-refractivity contribution < 1.29 is 23.5 Å². The second-order valence-corrected chi connectivity index (χ2v) is 6.26. The van der Waals surface area contributed by atoms with Crippen molar-refractivity contribution in [3.63, 3.8) is 0 Å². The number of pyridine rings is 1. The van der Waals surface area contributed by atoms with Gasteiger partial charge in [-0.2, -0.15) is 0 Å². The average molecular weight is 393 g/mol. The van der Waals surface area contributed by atoms with E-state index in [1.165, 1.54) is 24.5 Å². The molecule has 0 unspecified atom stereocenters. The molecular formula is C21H16FN3O4. The Balaban J connectivity index is 1.43. The van der Waals surface area contributed by atoms with Gasteiger partial charge in [-0.05, 0) is 24.3 Å². The fourth-order valence-electron chi connectivity index (χ4n) is 2.79. The molecule has 0 fully saturated rings. The summed E-state index contributed by atoms with van der Waals surface area (Å²) in [6.07, 6.45) is 2.70. The van der Waals surface area contributed by atoms with Gasteiger partial charge in [0.05, 0.1) is 11.1 Å². The molecular weight excluding hydrogens is 377 g/mol. The number of nitrogens with zero attached hydrogens (tertiary/aromatic N) is 1. The molecule has 4 rings (SSSR count). The highest BCUT2D eigenvalue weighted by atomic mass is 19.1. The molecule has 0 aliphatic carbocycles. The van der Waals surface area contributed by atoms with Crippen molar-refractivity contribution in [2.75, 3.05) is 12.1 Å². The summed E-state index contributed by atoms with van der Waals surface area (Å²) in [4.78, 5) is 28.8. The Bertz CT molecular complexity index is 1090. The summed E-state index contributed by atoms with van der Waals surface area (Å²) in [5.74, 6) is -0.137. The van der Waals surface area contributed by atoms with Crippen LogP contribution in [-0.2, 0) is 6.54 Å². The van der Waals surface area contributed by atoms with Crippen LogP contribution in [0.4, 0.5) is 10.1 Å². The molecule has 2 amide bonds. The van der Waals surface area contributed by atoms with Crippen LogP contribution in [0.5, 0.6) is 11.5 Å². The maximum absolute atomic E-state index is 13.7. The van der Waals surface area contributed by atoms with Crippen LogP contribution in [-0.4, -0.2) is 23.6 Å². The first-order valence-electron chi connectivity index (χ1n) is 8.78. The third-order valence-corrected chi connectivity index (χ3v) is 4.29. The van der Waals surface area contributed by atoms with Crippen LogP contribution in [0, 0.1) is 5.82 Å². The summed E-state index contributed by atoms with van der Waals surface area (Å²) in [5.41, 5.74) is 1.29. The van der Waals surface area contributed by atoms with E-state index in [2.05, 4.69) is 15.6 Å². The molecule has 0 spiro atoms. The topological polar surface area (TPSA) is 89.6 Å². The number of rotatable bonds is 5. The molecule has 2 heterocycles. The second-order valence-electron chi connectivity index (χ2n) is 6.26. The van der Waals surface area contributed by atoms with Crippen LogP contribution >= 0.6 is 0 Å². The van der Waals surface area contributed by atoms with E-state index in [4.69, 9.17) is 9.47 Å². The van der Waals surface area contributed by atoms with Crippen molar-refractivity contribution in [1.82, 2.24) is 10.3 Å². The number of carbonyl (C=O) groups is 2. The number of fused-ring (bicyclic) bond motifs is 1. The Kier molecular flexibility index (Phi) is 5.07. The van der Waals surface area contributed by atoms with E-state index in [1.807, 2.05) is 0 Å². The van der Waals surface area contributed by atoms with Crippen LogP contribution in [0.3, 0.4) is 0 Å². The van der Waals surface area contributed by atoms with Gasteiger partial charge in [-0.25, -0.2) is 4.39 Å². The molecule has 0 bridgehead atoms. The van der Waals surface area contributed by atoms with Crippen molar-refractivity contribution in [2.45, 2.75) is 6.54 Å². The quantitative estimate of drug-likeness (QED) is 0.695. The third kappa shape index (κ3) is 4.16. The van der Waals surface area contributed by atoms with Crippen LogP contribution in [0.2, 0.25) is 0 Å². The van der Waals surface area contributed by atoms with E-state index in [9.17, 15) is 14.0 Å². The van der Waals surface area contributed by atoms with Crippen molar-refractivity contribution >= 4 is 17.5 Å². The summed E-state index contributed by atoms with van der Waals surface area (Å²) < 4.78 is 24.2. The van der Waals surface area contributed by atoms with Gasteiger partial charge < -0.3 is 20.1 Å². The highest BCUT2D eigenvalue weighted by Gasteiger charge is 2.16. The fourth-order valence-corrected chi connectivity index (χ4v) is 2.79. The van der Waals surface area contributed by atoms with Gasteiger partial charge >= 0.3 is 0 Å². The van der Waals surface area contributed by atoms with Gasteiger partial charge in [-0.15, -0.1) is 0 Å². The maximum atomic E-state index is 13.7. The van der Waals surface area contributed by atoms with E-state index < -0.39 is 17.6 Å². The molecule has 0 saturated heterocycles. The van der Waals surface area contributed by atoms with Crippen molar-refractivity contribution in [1.29, 1.82) is 0 Å². The number of benzene rings is 2. The molecule has 2 N–H and O–H groups in total. The summed E-state index contributed by atoms with van der Waals surface area (Å²) in [6, 6.07) is 12.6. The molecule has 8 heteroatoms. The van der Waals surface area contributed by atoms with Crippen LogP contribution in [0.15, 0.2) is 60.9 Å². The molecule has 1 aromatic heterocycles. The summed E-state index contributed by atoms with van der Waals surface area (Å²) in [7, 11) is 0. The Morgan fingerprint density at radius 3 is 2.55 bits per heavy atom. The normalized spacial score (nSPS) is 11.8. The standard InChI is InChI=1S/C21H16FN3O4/c22-17-4-2-1-3-13(17)11-24-20(26)14-7-15(10-23-9-14)21(27)25-16-5-6-18-19(8-16)29-12-28-18/h1-10H,11-12H2,(H,24,26)(H,25,27). The van der Waals surface area contributed by atoms with E-state index in [0.717, 1.165) is 0 Å².